The van der Waals surface area contributed by atoms with Gasteiger partial charge in [0, 0.05) is 6.54 Å². The van der Waals surface area contributed by atoms with Gasteiger partial charge in [0.1, 0.15) is 6.33 Å². The number of aryl methyl sites for hydroxylation is 1. The molecule has 0 saturated carbocycles. The van der Waals surface area contributed by atoms with Crippen molar-refractivity contribution in [3.05, 3.63) is 6.33 Å². The van der Waals surface area contributed by atoms with Gasteiger partial charge in [0.2, 0.25) is 0 Å². The maximum absolute atomic E-state index is 12.3. The Morgan fingerprint density at radius 3 is 2.73 bits per heavy atom. The highest BCUT2D eigenvalue weighted by atomic mass is 32.3. The van der Waals surface area contributed by atoms with Crippen LogP contribution in [-0.4, -0.2) is 23.2 Å². The van der Waals surface area contributed by atoms with Gasteiger partial charge in [-0.15, -0.1) is 0 Å². The summed E-state index contributed by atoms with van der Waals surface area (Å²) in [6.07, 6.45) is 0.996. The third kappa shape index (κ3) is 1.53. The quantitative estimate of drug-likeness (QED) is 0.597. The van der Waals surface area contributed by atoms with Gasteiger partial charge in [0.15, 0.2) is 0 Å². The first-order valence-electron chi connectivity index (χ1n) is 2.88. The van der Waals surface area contributed by atoms with Crippen molar-refractivity contribution in [1.82, 2.24) is 14.8 Å². The number of halogens is 1. The molecule has 0 amide bonds. The molecule has 7 heteroatoms. The van der Waals surface area contributed by atoms with Crippen LogP contribution >= 0.6 is 0 Å². The van der Waals surface area contributed by atoms with Gasteiger partial charge in [-0.3, -0.25) is 0 Å². The lowest BCUT2D eigenvalue weighted by molar-refractivity contribution is 0.511. The van der Waals surface area contributed by atoms with Crippen LogP contribution in [0, 0.1) is 0 Å². The summed E-state index contributed by atoms with van der Waals surface area (Å²) in [5, 5.41) is 2.85. The minimum absolute atomic E-state index is 0.276. The number of rotatable bonds is 2. The molecule has 0 spiro atoms. The molecule has 0 aliphatic heterocycles. The average Bonchev–Trinajstić information content (AvgIpc) is 2.31. The molecule has 5 nitrogen and oxygen atoms in total. The predicted molar refractivity (Wildman–Crippen MR) is 34.0 cm³/mol. The van der Waals surface area contributed by atoms with Crippen molar-refractivity contribution < 1.29 is 12.3 Å². The Hall–Kier alpha value is -0.980. The standard InChI is InChI=1S/C4H6FN3O2S/c1-2-8-4(6-3-7-8)11(5,9)10/h3H,2H2,1H3. The molecule has 0 atom stereocenters. The second kappa shape index (κ2) is 2.57. The molecule has 1 aromatic heterocycles. The minimum atomic E-state index is -4.71. The van der Waals surface area contributed by atoms with E-state index in [-0.39, 0.29) is 6.54 Å². The highest BCUT2D eigenvalue weighted by Crippen LogP contribution is 2.06. The van der Waals surface area contributed by atoms with Gasteiger partial charge in [-0.2, -0.15) is 13.5 Å². The van der Waals surface area contributed by atoms with Gasteiger partial charge in [-0.1, -0.05) is 3.89 Å². The largest absolute Gasteiger partial charge is 0.367 e. The third-order valence-electron chi connectivity index (χ3n) is 1.10. The molecule has 0 N–H and O–H groups in total. The summed E-state index contributed by atoms with van der Waals surface area (Å²) in [5.74, 6) is 0. The summed E-state index contributed by atoms with van der Waals surface area (Å²) in [4.78, 5) is 3.25. The molecular weight excluding hydrogens is 173 g/mol. The van der Waals surface area contributed by atoms with E-state index in [1.807, 2.05) is 0 Å². The molecule has 1 rings (SSSR count). The highest BCUT2D eigenvalue weighted by Gasteiger charge is 2.18. The maximum Gasteiger partial charge on any atom is 0.367 e. The van der Waals surface area contributed by atoms with Crippen LogP contribution in [0.15, 0.2) is 11.5 Å². The first-order valence-corrected chi connectivity index (χ1v) is 4.26. The fourth-order valence-electron chi connectivity index (χ4n) is 0.659. The Bertz CT molecular complexity index is 344. The Labute approximate surface area is 63.1 Å². The molecule has 0 aliphatic carbocycles. The zero-order valence-electron chi connectivity index (χ0n) is 5.73. The SMILES string of the molecule is CCn1ncnc1S(=O)(=O)F. The summed E-state index contributed by atoms with van der Waals surface area (Å²) in [7, 11) is -4.71. The first kappa shape index (κ1) is 8.12. The van der Waals surface area contributed by atoms with E-state index in [0.717, 1.165) is 11.0 Å². The van der Waals surface area contributed by atoms with Crippen molar-refractivity contribution in [3.8, 4) is 0 Å². The van der Waals surface area contributed by atoms with E-state index in [1.54, 1.807) is 6.92 Å². The molecule has 1 heterocycles. The van der Waals surface area contributed by atoms with E-state index in [4.69, 9.17) is 0 Å². The van der Waals surface area contributed by atoms with Crippen molar-refractivity contribution in [2.45, 2.75) is 18.6 Å². The average molecular weight is 179 g/mol. The molecule has 11 heavy (non-hydrogen) atoms. The second-order valence-electron chi connectivity index (χ2n) is 1.80. The molecular formula is C4H6FN3O2S. The Morgan fingerprint density at radius 2 is 2.36 bits per heavy atom. The van der Waals surface area contributed by atoms with Crippen molar-refractivity contribution in [1.29, 1.82) is 0 Å². The summed E-state index contributed by atoms with van der Waals surface area (Å²) in [6, 6.07) is 0. The van der Waals surface area contributed by atoms with E-state index in [2.05, 4.69) is 10.1 Å². The fourth-order valence-corrected chi connectivity index (χ4v) is 1.26. The molecule has 0 aliphatic rings. The van der Waals surface area contributed by atoms with Gasteiger partial charge in [-0.25, -0.2) is 9.67 Å². The minimum Gasteiger partial charge on any atom is -0.235 e. The number of hydrogen-bond donors (Lipinski definition) is 0. The van der Waals surface area contributed by atoms with E-state index < -0.39 is 15.4 Å². The molecule has 0 saturated heterocycles. The van der Waals surface area contributed by atoms with Crippen LogP contribution in [0.3, 0.4) is 0 Å². The van der Waals surface area contributed by atoms with Crippen LogP contribution in [0.4, 0.5) is 3.89 Å². The van der Waals surface area contributed by atoms with Crippen LogP contribution in [0.25, 0.3) is 0 Å². The number of hydrogen-bond acceptors (Lipinski definition) is 4. The summed E-state index contributed by atoms with van der Waals surface area (Å²) in [5.41, 5.74) is 0. The van der Waals surface area contributed by atoms with Crippen molar-refractivity contribution in [2.24, 2.45) is 0 Å². The fraction of sp³-hybridized carbons (Fsp3) is 0.500. The first-order chi connectivity index (χ1) is 5.05. The van der Waals surface area contributed by atoms with Gasteiger partial charge in [-0.05, 0) is 6.92 Å². The van der Waals surface area contributed by atoms with E-state index >= 15 is 0 Å². The topological polar surface area (TPSA) is 64.8 Å². The van der Waals surface area contributed by atoms with Gasteiger partial charge in [0.05, 0.1) is 0 Å². The van der Waals surface area contributed by atoms with E-state index in [0.29, 0.717) is 0 Å². The summed E-state index contributed by atoms with van der Waals surface area (Å²) in [6.45, 7) is 1.92. The van der Waals surface area contributed by atoms with Crippen LogP contribution in [0.1, 0.15) is 6.92 Å². The number of nitrogens with zero attached hydrogens (tertiary/aromatic N) is 3. The van der Waals surface area contributed by atoms with E-state index in [1.165, 1.54) is 0 Å². The third-order valence-corrected chi connectivity index (χ3v) is 1.85. The monoisotopic (exact) mass is 179 g/mol. The normalized spacial score (nSPS) is 11.8. The lowest BCUT2D eigenvalue weighted by atomic mass is 10.8. The Morgan fingerprint density at radius 1 is 1.73 bits per heavy atom. The lowest BCUT2D eigenvalue weighted by Crippen LogP contribution is -2.06. The number of aromatic nitrogens is 3. The zero-order valence-corrected chi connectivity index (χ0v) is 6.55. The van der Waals surface area contributed by atoms with E-state index in [9.17, 15) is 12.3 Å². The van der Waals surface area contributed by atoms with Crippen LogP contribution in [-0.2, 0) is 16.8 Å². The van der Waals surface area contributed by atoms with Gasteiger partial charge >= 0.3 is 10.2 Å². The predicted octanol–water partition coefficient (Wildman–Crippen LogP) is -0.0438. The molecule has 0 unspecified atom stereocenters. The second-order valence-corrected chi connectivity index (χ2v) is 3.04. The molecule has 0 radical (unpaired) electrons. The van der Waals surface area contributed by atoms with Gasteiger partial charge in [0.25, 0.3) is 5.16 Å². The smallest absolute Gasteiger partial charge is 0.235 e. The molecule has 0 bridgehead atoms. The maximum atomic E-state index is 12.3. The summed E-state index contributed by atoms with van der Waals surface area (Å²) < 4.78 is 33.8. The summed E-state index contributed by atoms with van der Waals surface area (Å²) >= 11 is 0. The lowest BCUT2D eigenvalue weighted by Gasteiger charge is -1.95. The molecule has 0 fully saturated rings. The van der Waals surface area contributed by atoms with Crippen molar-refractivity contribution in [3.63, 3.8) is 0 Å². The zero-order chi connectivity index (χ0) is 8.48. The van der Waals surface area contributed by atoms with Crippen molar-refractivity contribution in [2.75, 3.05) is 0 Å². The van der Waals surface area contributed by atoms with Crippen LogP contribution in [0.2, 0.25) is 0 Å². The van der Waals surface area contributed by atoms with Gasteiger partial charge < -0.3 is 0 Å². The van der Waals surface area contributed by atoms with Crippen LogP contribution in [0.5, 0.6) is 0 Å². The Kier molecular flexibility index (Phi) is 1.90. The molecule has 0 aromatic carbocycles. The van der Waals surface area contributed by atoms with Crippen LogP contribution < -0.4 is 0 Å². The van der Waals surface area contributed by atoms with Crippen molar-refractivity contribution >= 4 is 10.2 Å². The molecule has 1 aromatic rings. The molecule has 62 valence electrons. The highest BCUT2D eigenvalue weighted by molar-refractivity contribution is 7.86. The Balaban J connectivity index is 3.24.